The molecule has 2 unspecified atom stereocenters. The third-order valence-corrected chi connectivity index (χ3v) is 11.9. The largest absolute Gasteiger partial charge is 0.447 e. The standard InChI is InChI=1S/C52H40N6O4/c59-51-57(37(31-61-51)29-33-13-5-1-6-14-33)49-43-25-21-39(53-43)47(35-17-9-3-10-18-35)41-23-27-45(55-41)50(58-38(32-62-52(58)60)30-34-15-7-2-8-16-34)46-28-24-42(56-46)48(36-19-11-4-12-20-36)40-22-26-44(49)54-40/h1-28,37-38,53,56H,29-32H2. The number of benzene rings is 4. The third kappa shape index (κ3) is 6.71. The fourth-order valence-electron chi connectivity index (χ4n) is 9.04. The molecule has 0 saturated carbocycles. The van der Waals surface area contributed by atoms with Gasteiger partial charge in [0.2, 0.25) is 0 Å². The summed E-state index contributed by atoms with van der Waals surface area (Å²) in [6.45, 7) is 0.477. The number of anilines is 2. The van der Waals surface area contributed by atoms with Crippen LogP contribution in [-0.4, -0.2) is 57.4 Å². The fraction of sp³-hybridized carbons (Fsp3) is 0.115. The van der Waals surface area contributed by atoms with E-state index >= 15 is 0 Å². The highest BCUT2D eigenvalue weighted by Gasteiger charge is 2.38. The van der Waals surface area contributed by atoms with E-state index < -0.39 is 12.2 Å². The molecule has 11 rings (SSSR count). The predicted octanol–water partition coefficient (Wildman–Crippen LogP) is 11.1. The summed E-state index contributed by atoms with van der Waals surface area (Å²) in [6, 6.07) is 48.0. The molecular weight excluding hydrogens is 773 g/mol. The molecule has 2 N–H and O–H groups in total. The zero-order chi connectivity index (χ0) is 41.6. The molecule has 2 amide bonds. The van der Waals surface area contributed by atoms with Crippen LogP contribution in [0.3, 0.4) is 0 Å². The number of hydrogen-bond acceptors (Lipinski definition) is 6. The van der Waals surface area contributed by atoms with Gasteiger partial charge in [0.15, 0.2) is 0 Å². The van der Waals surface area contributed by atoms with Crippen LogP contribution in [-0.2, 0) is 22.3 Å². The maximum absolute atomic E-state index is 14.0. The quantitative estimate of drug-likeness (QED) is 0.158. The number of hydrogen-bond donors (Lipinski definition) is 2. The summed E-state index contributed by atoms with van der Waals surface area (Å²) < 4.78 is 11.6. The van der Waals surface area contributed by atoms with E-state index in [2.05, 4.69) is 58.5 Å². The highest BCUT2D eigenvalue weighted by atomic mass is 16.6. The summed E-state index contributed by atoms with van der Waals surface area (Å²) in [5.41, 5.74) is 12.7. The van der Waals surface area contributed by atoms with Gasteiger partial charge >= 0.3 is 12.2 Å². The average Bonchev–Trinajstić information content (AvgIpc) is 4.19. The lowest BCUT2D eigenvalue weighted by atomic mass is 10.0. The zero-order valence-corrected chi connectivity index (χ0v) is 33.6. The van der Waals surface area contributed by atoms with E-state index in [1.54, 1.807) is 9.80 Å². The molecule has 10 nitrogen and oxygen atoms in total. The van der Waals surface area contributed by atoms with Crippen molar-refractivity contribution in [1.82, 2.24) is 19.9 Å². The van der Waals surface area contributed by atoms with Crippen LogP contribution >= 0.6 is 0 Å². The van der Waals surface area contributed by atoms with Gasteiger partial charge in [-0.1, -0.05) is 121 Å². The van der Waals surface area contributed by atoms with E-state index in [0.717, 1.165) is 44.4 Å². The van der Waals surface area contributed by atoms with Gasteiger partial charge in [-0.15, -0.1) is 0 Å². The molecule has 4 aromatic carbocycles. The van der Waals surface area contributed by atoms with Crippen molar-refractivity contribution in [3.63, 3.8) is 0 Å². The van der Waals surface area contributed by atoms with Crippen molar-refractivity contribution in [1.29, 1.82) is 0 Å². The van der Waals surface area contributed by atoms with E-state index in [1.807, 2.05) is 121 Å². The Balaban J connectivity index is 1.22. The Bertz CT molecular complexity index is 2880. The molecule has 7 aromatic rings. The molecule has 0 radical (unpaired) electrons. The van der Waals surface area contributed by atoms with Gasteiger partial charge in [-0.3, -0.25) is 9.80 Å². The molecule has 7 heterocycles. The van der Waals surface area contributed by atoms with E-state index in [4.69, 9.17) is 19.4 Å². The van der Waals surface area contributed by atoms with Gasteiger partial charge in [0.05, 0.1) is 57.3 Å². The van der Waals surface area contributed by atoms with Crippen LogP contribution in [0.4, 0.5) is 21.0 Å². The molecule has 8 bridgehead atoms. The monoisotopic (exact) mass is 812 g/mol. The number of ether oxygens (including phenoxy) is 2. The van der Waals surface area contributed by atoms with E-state index in [1.165, 1.54) is 0 Å². The molecule has 2 fully saturated rings. The smallest absolute Gasteiger partial charge is 0.414 e. The Morgan fingerprint density at radius 3 is 1.21 bits per heavy atom. The minimum absolute atomic E-state index is 0.238. The maximum Gasteiger partial charge on any atom is 0.414 e. The maximum atomic E-state index is 14.0. The van der Waals surface area contributed by atoms with Crippen molar-refractivity contribution in [2.24, 2.45) is 0 Å². The molecular formula is C52H40N6O4. The van der Waals surface area contributed by atoms with Crippen molar-refractivity contribution in [2.75, 3.05) is 23.0 Å². The topological polar surface area (TPSA) is 116 Å². The second-order valence-electron chi connectivity index (χ2n) is 15.8. The molecule has 2 saturated heterocycles. The first-order valence-electron chi connectivity index (χ1n) is 20.8. The number of nitrogens with zero attached hydrogens (tertiary/aromatic N) is 4. The number of aromatic amines is 2. The highest BCUT2D eigenvalue weighted by Crippen LogP contribution is 2.40. The number of fused-ring (bicyclic) bond motifs is 8. The van der Waals surface area contributed by atoms with Gasteiger partial charge in [0, 0.05) is 22.2 Å². The Morgan fingerprint density at radius 2 is 0.806 bits per heavy atom. The van der Waals surface area contributed by atoms with Gasteiger partial charge in [0.25, 0.3) is 0 Å². The van der Waals surface area contributed by atoms with Crippen LogP contribution < -0.4 is 9.80 Å². The third-order valence-electron chi connectivity index (χ3n) is 11.9. The highest BCUT2D eigenvalue weighted by molar-refractivity contribution is 6.04. The zero-order valence-electron chi connectivity index (χ0n) is 33.6. The number of carbonyl (C=O) groups is 2. The van der Waals surface area contributed by atoms with Crippen LogP contribution in [0.1, 0.15) is 33.9 Å². The second-order valence-corrected chi connectivity index (χ2v) is 15.8. The van der Waals surface area contributed by atoms with E-state index in [0.29, 0.717) is 58.0 Å². The first kappa shape index (κ1) is 37.1. The van der Waals surface area contributed by atoms with Gasteiger partial charge in [-0.25, -0.2) is 19.6 Å². The lowest BCUT2D eigenvalue weighted by molar-refractivity contribution is 0.178. The number of nitrogens with one attached hydrogen (secondary N) is 2. The number of aromatic nitrogens is 4. The molecule has 302 valence electrons. The number of carbonyl (C=O) groups excluding carboxylic acids is 2. The summed E-state index contributed by atoms with van der Waals surface area (Å²) >= 11 is 0. The second kappa shape index (κ2) is 15.6. The minimum atomic E-state index is -0.430. The molecule has 10 heteroatoms. The SMILES string of the molecule is O=C1OCC(Cc2ccccc2)N1c1c2nc(c(-c3ccccc3)c3ccc([nH]3)c(N3C(=O)OCC3Cc3ccccc3)c3nc(c(-c4ccccc4)c4ccc1[nH]4)C=C3)C=C2. The van der Waals surface area contributed by atoms with Gasteiger partial charge in [-0.05, 0) is 83.7 Å². The normalized spacial score (nSPS) is 16.8. The Labute approximate surface area is 357 Å². The minimum Gasteiger partial charge on any atom is -0.447 e. The van der Waals surface area contributed by atoms with E-state index in [9.17, 15) is 9.59 Å². The van der Waals surface area contributed by atoms with Crippen LogP contribution in [0, 0.1) is 0 Å². The first-order valence-corrected chi connectivity index (χ1v) is 20.8. The summed E-state index contributed by atoms with van der Waals surface area (Å²) in [5, 5.41) is 0. The molecule has 0 spiro atoms. The molecule has 4 aliphatic heterocycles. The summed E-state index contributed by atoms with van der Waals surface area (Å²) in [6.07, 6.45) is 8.28. The molecule has 4 aliphatic rings. The Kier molecular flexibility index (Phi) is 9.30. The Morgan fingerprint density at radius 1 is 0.452 bits per heavy atom. The molecule has 3 aromatic heterocycles. The van der Waals surface area contributed by atoms with Crippen LogP contribution in [0.25, 0.3) is 68.6 Å². The summed E-state index contributed by atoms with van der Waals surface area (Å²) in [4.78, 5) is 49.6. The Hall–Kier alpha value is -7.98. The predicted molar refractivity (Wildman–Crippen MR) is 245 cm³/mol. The molecule has 0 aliphatic carbocycles. The van der Waals surface area contributed by atoms with Gasteiger partial charge < -0.3 is 19.4 Å². The lowest BCUT2D eigenvalue weighted by Crippen LogP contribution is -2.35. The number of rotatable bonds is 8. The van der Waals surface area contributed by atoms with Gasteiger partial charge in [0.1, 0.15) is 13.2 Å². The average molecular weight is 813 g/mol. The molecule has 62 heavy (non-hydrogen) atoms. The van der Waals surface area contributed by atoms with E-state index in [-0.39, 0.29) is 25.3 Å². The van der Waals surface area contributed by atoms with Crippen molar-refractivity contribution >= 4 is 69.9 Å². The van der Waals surface area contributed by atoms with Crippen molar-refractivity contribution in [3.8, 4) is 22.3 Å². The summed E-state index contributed by atoms with van der Waals surface area (Å²) in [7, 11) is 0. The van der Waals surface area contributed by atoms with Gasteiger partial charge in [-0.2, -0.15) is 0 Å². The summed E-state index contributed by atoms with van der Waals surface area (Å²) in [5.74, 6) is 0. The van der Waals surface area contributed by atoms with Crippen LogP contribution in [0.2, 0.25) is 0 Å². The van der Waals surface area contributed by atoms with Crippen LogP contribution in [0.15, 0.2) is 146 Å². The number of cyclic esters (lactones) is 2. The first-order chi connectivity index (χ1) is 30.6. The van der Waals surface area contributed by atoms with Crippen molar-refractivity contribution in [2.45, 2.75) is 24.9 Å². The fourth-order valence-corrected chi connectivity index (χ4v) is 9.04. The number of H-pyrrole nitrogens is 2. The number of amides is 2. The van der Waals surface area contributed by atoms with Crippen LogP contribution in [0.5, 0.6) is 0 Å². The lowest BCUT2D eigenvalue weighted by Gasteiger charge is -2.22. The molecule has 2 atom stereocenters. The van der Waals surface area contributed by atoms with Crippen molar-refractivity contribution in [3.05, 3.63) is 179 Å². The van der Waals surface area contributed by atoms with Crippen molar-refractivity contribution < 1.29 is 19.1 Å².